The fourth-order valence-electron chi connectivity index (χ4n) is 5.83. The highest BCUT2D eigenvalue weighted by Gasteiger charge is 2.59. The smallest absolute Gasteiger partial charge is 0.312 e. The van der Waals surface area contributed by atoms with Gasteiger partial charge in [0.15, 0.2) is 0 Å². The van der Waals surface area contributed by atoms with Crippen molar-refractivity contribution in [2.45, 2.75) is 179 Å². The van der Waals surface area contributed by atoms with E-state index in [2.05, 4.69) is 13.8 Å². The highest BCUT2D eigenvalue weighted by molar-refractivity contribution is 5.79. The van der Waals surface area contributed by atoms with E-state index in [4.69, 9.17) is 14.2 Å². The average Bonchev–Trinajstić information content (AvgIpc) is 3.59. The van der Waals surface area contributed by atoms with Gasteiger partial charge in [-0.3, -0.25) is 14.4 Å². The Morgan fingerprint density at radius 1 is 0.780 bits per heavy atom. The van der Waals surface area contributed by atoms with Gasteiger partial charge in [-0.15, -0.1) is 0 Å². The predicted octanol–water partition coefficient (Wildman–Crippen LogP) is 9.46. The van der Waals surface area contributed by atoms with E-state index in [0.29, 0.717) is 5.92 Å². The van der Waals surface area contributed by atoms with Gasteiger partial charge in [-0.1, -0.05) is 42.5 Å². The molecule has 0 radical (unpaired) electrons. The summed E-state index contributed by atoms with van der Waals surface area (Å²) in [6, 6.07) is 0. The standard InChI is InChI=1S/C22H36O4.C11H22O2.2CH4/c1-6-20(3,4)18(23)25-17-13-16-12-15(17)14-21(16,5)19(24)26-22(7-2)10-8-9-11-22;1-7-10(3,4)9(12)13-11(5,6)8-2;;/h15-17H,6-14H2,1-5H3;7-8H2,1-6H3;2*1H4. The first-order chi connectivity index (χ1) is 17.9. The van der Waals surface area contributed by atoms with Gasteiger partial charge in [0.2, 0.25) is 0 Å². The van der Waals surface area contributed by atoms with Crippen LogP contribution in [0.5, 0.6) is 0 Å². The number of hydrogen-bond donors (Lipinski definition) is 0. The van der Waals surface area contributed by atoms with Crippen LogP contribution in [0.15, 0.2) is 0 Å². The third-order valence-electron chi connectivity index (χ3n) is 10.5. The van der Waals surface area contributed by atoms with E-state index >= 15 is 0 Å². The summed E-state index contributed by atoms with van der Waals surface area (Å²) in [6.07, 6.45) is 10.2. The molecule has 6 heteroatoms. The predicted molar refractivity (Wildman–Crippen MR) is 168 cm³/mol. The molecular weight excluding hydrogens is 516 g/mol. The second kappa shape index (κ2) is 14.7. The minimum absolute atomic E-state index is 0. The molecule has 0 aromatic heterocycles. The van der Waals surface area contributed by atoms with E-state index in [-0.39, 0.29) is 61.4 Å². The highest BCUT2D eigenvalue weighted by Crippen LogP contribution is 2.58. The lowest BCUT2D eigenvalue weighted by Gasteiger charge is -2.38. The maximum atomic E-state index is 13.1. The molecule has 242 valence electrons. The summed E-state index contributed by atoms with van der Waals surface area (Å²) < 4.78 is 17.4. The molecule has 3 fully saturated rings. The lowest BCUT2D eigenvalue weighted by Crippen LogP contribution is -2.44. The van der Waals surface area contributed by atoms with Gasteiger partial charge < -0.3 is 14.2 Å². The molecule has 4 unspecified atom stereocenters. The lowest BCUT2D eigenvalue weighted by atomic mass is 9.73. The van der Waals surface area contributed by atoms with Gasteiger partial charge in [0, 0.05) is 0 Å². The monoisotopic (exact) mass is 582 g/mol. The quantitative estimate of drug-likeness (QED) is 0.188. The van der Waals surface area contributed by atoms with Crippen LogP contribution in [0.25, 0.3) is 0 Å². The number of ether oxygens (including phenoxy) is 3. The summed E-state index contributed by atoms with van der Waals surface area (Å²) in [4.78, 5) is 37.2. The second-order valence-electron chi connectivity index (χ2n) is 14.6. The fraction of sp³-hybridized carbons (Fsp3) is 0.914. The van der Waals surface area contributed by atoms with Crippen LogP contribution < -0.4 is 0 Å². The Labute approximate surface area is 253 Å². The van der Waals surface area contributed by atoms with Crippen LogP contribution in [0.2, 0.25) is 0 Å². The highest BCUT2D eigenvalue weighted by atomic mass is 16.6. The van der Waals surface area contributed by atoms with Crippen molar-refractivity contribution in [2.24, 2.45) is 28.1 Å². The van der Waals surface area contributed by atoms with Gasteiger partial charge >= 0.3 is 17.9 Å². The van der Waals surface area contributed by atoms with E-state index in [1.165, 1.54) is 0 Å². The molecule has 6 nitrogen and oxygen atoms in total. The van der Waals surface area contributed by atoms with Crippen LogP contribution in [-0.4, -0.2) is 35.2 Å². The summed E-state index contributed by atoms with van der Waals surface area (Å²) in [7, 11) is 0. The molecule has 0 heterocycles. The average molecular weight is 583 g/mol. The largest absolute Gasteiger partial charge is 0.462 e. The first kappa shape index (κ1) is 39.4. The molecule has 3 aliphatic rings. The minimum Gasteiger partial charge on any atom is -0.462 e. The number of hydrogen-bond acceptors (Lipinski definition) is 6. The Morgan fingerprint density at radius 3 is 1.71 bits per heavy atom. The van der Waals surface area contributed by atoms with Gasteiger partial charge in [0.25, 0.3) is 0 Å². The SMILES string of the molecule is C.C.CCC(C)(C)OC(=O)C(C)(C)CC.CCC1(OC(=O)C2(C)CC3CC2CC3OC(=O)C(C)(C)CC)CCCC1. The molecule has 0 aliphatic heterocycles. The van der Waals surface area contributed by atoms with E-state index in [1.54, 1.807) is 0 Å². The minimum atomic E-state index is -0.431. The van der Waals surface area contributed by atoms with Crippen molar-refractivity contribution >= 4 is 17.9 Å². The molecule has 0 N–H and O–H groups in total. The van der Waals surface area contributed by atoms with Crippen molar-refractivity contribution in [3.63, 3.8) is 0 Å². The molecule has 3 saturated carbocycles. The summed E-state index contributed by atoms with van der Waals surface area (Å²) >= 11 is 0. The normalized spacial score (nSPS) is 26.6. The van der Waals surface area contributed by atoms with Gasteiger partial charge in [0.1, 0.15) is 17.3 Å². The Kier molecular flexibility index (Phi) is 14.2. The molecular formula is C35H66O6. The second-order valence-corrected chi connectivity index (χ2v) is 14.6. The van der Waals surface area contributed by atoms with Gasteiger partial charge in [-0.25, -0.2) is 0 Å². The topological polar surface area (TPSA) is 78.9 Å². The van der Waals surface area contributed by atoms with Gasteiger partial charge in [-0.2, -0.15) is 0 Å². The van der Waals surface area contributed by atoms with E-state index in [9.17, 15) is 14.4 Å². The summed E-state index contributed by atoms with van der Waals surface area (Å²) in [5.74, 6) is 0.375. The Morgan fingerprint density at radius 2 is 1.29 bits per heavy atom. The van der Waals surface area contributed by atoms with Crippen LogP contribution in [-0.2, 0) is 28.6 Å². The first-order valence-electron chi connectivity index (χ1n) is 15.6. The summed E-state index contributed by atoms with van der Waals surface area (Å²) in [5, 5.41) is 0. The van der Waals surface area contributed by atoms with Crippen molar-refractivity contribution in [1.29, 1.82) is 0 Å². The molecule has 0 spiro atoms. The lowest BCUT2D eigenvalue weighted by molar-refractivity contribution is -0.178. The summed E-state index contributed by atoms with van der Waals surface area (Å²) in [6.45, 7) is 21.8. The summed E-state index contributed by atoms with van der Waals surface area (Å²) in [5.41, 5.74) is -1.74. The molecule has 0 aromatic rings. The zero-order chi connectivity index (χ0) is 29.9. The number of rotatable bonds is 10. The van der Waals surface area contributed by atoms with Crippen molar-refractivity contribution in [3.05, 3.63) is 0 Å². The molecule has 0 aromatic carbocycles. The number of fused-ring (bicyclic) bond motifs is 2. The number of carbonyl (C=O) groups excluding carboxylic acids is 3. The third-order valence-corrected chi connectivity index (χ3v) is 10.5. The number of esters is 3. The molecule has 4 atom stereocenters. The van der Waals surface area contributed by atoms with Crippen LogP contribution in [0, 0.1) is 28.1 Å². The van der Waals surface area contributed by atoms with Crippen molar-refractivity contribution < 1.29 is 28.6 Å². The molecule has 0 amide bonds. The Bertz CT molecular complexity index is 866. The van der Waals surface area contributed by atoms with Gasteiger partial charge in [-0.05, 0) is 131 Å². The van der Waals surface area contributed by atoms with E-state index < -0.39 is 10.8 Å². The van der Waals surface area contributed by atoms with Crippen molar-refractivity contribution in [3.8, 4) is 0 Å². The van der Waals surface area contributed by atoms with Crippen molar-refractivity contribution in [2.75, 3.05) is 0 Å². The molecule has 0 saturated heterocycles. The van der Waals surface area contributed by atoms with Crippen LogP contribution in [0.4, 0.5) is 0 Å². The maximum absolute atomic E-state index is 13.1. The molecule has 41 heavy (non-hydrogen) atoms. The molecule has 3 aliphatic carbocycles. The third kappa shape index (κ3) is 9.20. The number of carbonyl (C=O) groups is 3. The molecule has 2 bridgehead atoms. The molecule has 3 rings (SSSR count). The van der Waals surface area contributed by atoms with Crippen LogP contribution >= 0.6 is 0 Å². The first-order valence-corrected chi connectivity index (χ1v) is 15.6. The van der Waals surface area contributed by atoms with E-state index in [0.717, 1.165) is 70.6 Å². The van der Waals surface area contributed by atoms with E-state index in [1.807, 2.05) is 62.3 Å². The zero-order valence-corrected chi connectivity index (χ0v) is 27.0. The van der Waals surface area contributed by atoms with Crippen LogP contribution in [0.3, 0.4) is 0 Å². The van der Waals surface area contributed by atoms with Crippen LogP contribution in [0.1, 0.15) is 162 Å². The van der Waals surface area contributed by atoms with Crippen molar-refractivity contribution in [1.82, 2.24) is 0 Å². The maximum Gasteiger partial charge on any atom is 0.312 e. The van der Waals surface area contributed by atoms with Gasteiger partial charge in [0.05, 0.1) is 16.2 Å². The Hall–Kier alpha value is -1.59. The Balaban J connectivity index is 0.000000918. The zero-order valence-electron chi connectivity index (χ0n) is 27.0. The fourth-order valence-corrected chi connectivity index (χ4v) is 5.83.